The van der Waals surface area contributed by atoms with Crippen LogP contribution in [0.2, 0.25) is 5.02 Å². The number of carbonyl (C=O) groups excluding carboxylic acids is 1. The SMILES string of the molecule is N#Cc1ccc(NC(=O)N2CCn3nc(-c4cc(F)cc(Cl)c4)c(CN)c3C2)cc1C(F)(F)F. The van der Waals surface area contributed by atoms with Crippen LogP contribution in [0.15, 0.2) is 36.4 Å². The third-order valence-corrected chi connectivity index (χ3v) is 5.63. The van der Waals surface area contributed by atoms with E-state index in [1.807, 2.05) is 0 Å². The van der Waals surface area contributed by atoms with Crippen LogP contribution < -0.4 is 11.1 Å². The molecule has 7 nitrogen and oxygen atoms in total. The first-order chi connectivity index (χ1) is 16.1. The van der Waals surface area contributed by atoms with Crippen molar-refractivity contribution in [1.29, 1.82) is 5.26 Å². The number of aromatic nitrogens is 2. The fourth-order valence-corrected chi connectivity index (χ4v) is 4.06. The average molecular weight is 493 g/mol. The Morgan fingerprint density at radius 1 is 1.24 bits per heavy atom. The highest BCUT2D eigenvalue weighted by molar-refractivity contribution is 6.30. The number of hydrogen-bond donors (Lipinski definition) is 2. The monoisotopic (exact) mass is 492 g/mol. The summed E-state index contributed by atoms with van der Waals surface area (Å²) in [4.78, 5) is 14.2. The first-order valence-corrected chi connectivity index (χ1v) is 10.4. The van der Waals surface area contributed by atoms with E-state index >= 15 is 0 Å². The van der Waals surface area contributed by atoms with Crippen molar-refractivity contribution < 1.29 is 22.4 Å². The summed E-state index contributed by atoms with van der Waals surface area (Å²) in [7, 11) is 0. The Kier molecular flexibility index (Phi) is 6.20. The lowest BCUT2D eigenvalue weighted by Crippen LogP contribution is -2.41. The number of amides is 2. The van der Waals surface area contributed by atoms with E-state index in [0.717, 1.165) is 12.1 Å². The van der Waals surface area contributed by atoms with Gasteiger partial charge in [-0.25, -0.2) is 9.18 Å². The minimum Gasteiger partial charge on any atom is -0.326 e. The van der Waals surface area contributed by atoms with Gasteiger partial charge in [0, 0.05) is 34.9 Å². The van der Waals surface area contributed by atoms with Gasteiger partial charge in [-0.05, 0) is 36.4 Å². The predicted octanol–water partition coefficient (Wildman–Crippen LogP) is 4.74. The van der Waals surface area contributed by atoms with Crippen LogP contribution in [0.5, 0.6) is 0 Å². The van der Waals surface area contributed by atoms with Gasteiger partial charge in [0.1, 0.15) is 5.82 Å². The largest absolute Gasteiger partial charge is 0.417 e. The minimum absolute atomic E-state index is 0.0683. The molecule has 0 fully saturated rings. The molecule has 0 spiro atoms. The molecule has 0 saturated heterocycles. The van der Waals surface area contributed by atoms with Crippen LogP contribution in [0.25, 0.3) is 11.3 Å². The molecule has 3 N–H and O–H groups in total. The predicted molar refractivity (Wildman–Crippen MR) is 116 cm³/mol. The summed E-state index contributed by atoms with van der Waals surface area (Å²) in [5.41, 5.74) is 6.30. The molecule has 1 aromatic heterocycles. The molecule has 1 aliphatic rings. The molecule has 3 aromatic rings. The average Bonchev–Trinajstić information content (AvgIpc) is 3.15. The van der Waals surface area contributed by atoms with Gasteiger partial charge in [-0.1, -0.05) is 11.6 Å². The lowest BCUT2D eigenvalue weighted by molar-refractivity contribution is -0.137. The van der Waals surface area contributed by atoms with Crippen molar-refractivity contribution in [3.63, 3.8) is 0 Å². The number of nitriles is 1. The van der Waals surface area contributed by atoms with Crippen LogP contribution in [-0.4, -0.2) is 27.3 Å². The fraction of sp³-hybridized carbons (Fsp3) is 0.227. The Labute approximate surface area is 196 Å². The fourth-order valence-electron chi connectivity index (χ4n) is 3.84. The van der Waals surface area contributed by atoms with Crippen molar-refractivity contribution in [3.8, 4) is 17.3 Å². The Morgan fingerprint density at radius 2 is 2.00 bits per heavy atom. The van der Waals surface area contributed by atoms with E-state index in [1.54, 1.807) is 10.7 Å². The maximum Gasteiger partial charge on any atom is 0.417 e. The van der Waals surface area contributed by atoms with Crippen LogP contribution in [0, 0.1) is 17.1 Å². The maximum atomic E-state index is 13.9. The Morgan fingerprint density at radius 3 is 2.65 bits per heavy atom. The lowest BCUT2D eigenvalue weighted by atomic mass is 10.0. The van der Waals surface area contributed by atoms with E-state index in [0.29, 0.717) is 29.1 Å². The van der Waals surface area contributed by atoms with Crippen LogP contribution in [-0.2, 0) is 25.8 Å². The highest BCUT2D eigenvalue weighted by Crippen LogP contribution is 2.34. The number of rotatable bonds is 3. The number of carbonyl (C=O) groups is 1. The molecule has 0 bridgehead atoms. The smallest absolute Gasteiger partial charge is 0.326 e. The summed E-state index contributed by atoms with van der Waals surface area (Å²) in [6, 6.07) is 7.85. The van der Waals surface area contributed by atoms with E-state index in [1.165, 1.54) is 29.2 Å². The third-order valence-electron chi connectivity index (χ3n) is 5.41. The van der Waals surface area contributed by atoms with Crippen molar-refractivity contribution in [1.82, 2.24) is 14.7 Å². The molecule has 0 atom stereocenters. The van der Waals surface area contributed by atoms with Gasteiger partial charge in [-0.15, -0.1) is 0 Å². The first-order valence-electron chi connectivity index (χ1n) is 10.0. The number of alkyl halides is 3. The summed E-state index contributed by atoms with van der Waals surface area (Å²) in [6.45, 7) is 0.700. The highest BCUT2D eigenvalue weighted by atomic mass is 35.5. The highest BCUT2D eigenvalue weighted by Gasteiger charge is 2.34. The van der Waals surface area contributed by atoms with Gasteiger partial charge in [-0.3, -0.25) is 4.68 Å². The Hall–Kier alpha value is -3.62. The van der Waals surface area contributed by atoms with E-state index < -0.39 is 29.2 Å². The van der Waals surface area contributed by atoms with Gasteiger partial charge < -0.3 is 16.0 Å². The summed E-state index contributed by atoms with van der Waals surface area (Å²) in [6.07, 6.45) is -4.74. The van der Waals surface area contributed by atoms with E-state index in [2.05, 4.69) is 10.4 Å². The molecule has 12 heteroatoms. The number of anilines is 1. The zero-order chi connectivity index (χ0) is 24.6. The van der Waals surface area contributed by atoms with Crippen molar-refractivity contribution in [2.24, 2.45) is 5.73 Å². The molecule has 0 aliphatic carbocycles. The standard InChI is InChI=1S/C22H17ClF4N6O/c23-14-5-13(6-15(24)7-14)20-17(10-29)19-11-32(3-4-33(19)31-20)21(34)30-16-2-1-12(9-28)18(8-16)22(25,26)27/h1-2,5-8H,3-4,10-11,29H2,(H,30,34). The molecule has 2 amide bonds. The molecular weight excluding hydrogens is 476 g/mol. The second-order valence-electron chi connectivity index (χ2n) is 7.58. The lowest BCUT2D eigenvalue weighted by Gasteiger charge is -2.28. The van der Waals surface area contributed by atoms with Gasteiger partial charge in [0.05, 0.1) is 41.7 Å². The third kappa shape index (κ3) is 4.55. The van der Waals surface area contributed by atoms with Crippen molar-refractivity contribution >= 4 is 23.3 Å². The number of nitrogens with one attached hydrogen (secondary N) is 1. The van der Waals surface area contributed by atoms with Crippen LogP contribution in [0.4, 0.5) is 28.0 Å². The van der Waals surface area contributed by atoms with Crippen molar-refractivity contribution in [2.75, 3.05) is 11.9 Å². The number of urea groups is 1. The van der Waals surface area contributed by atoms with Gasteiger partial charge in [0.2, 0.25) is 0 Å². The first kappa shape index (κ1) is 23.5. The van der Waals surface area contributed by atoms with Crippen LogP contribution in [0.3, 0.4) is 0 Å². The molecule has 2 aromatic carbocycles. The summed E-state index contributed by atoms with van der Waals surface area (Å²) in [5.74, 6) is -0.530. The van der Waals surface area contributed by atoms with Crippen LogP contribution >= 0.6 is 11.6 Å². The number of fused-ring (bicyclic) bond motifs is 1. The number of hydrogen-bond acceptors (Lipinski definition) is 4. The normalized spacial score (nSPS) is 13.4. The Balaban J connectivity index is 1.58. The zero-order valence-electron chi connectivity index (χ0n) is 17.5. The summed E-state index contributed by atoms with van der Waals surface area (Å²) < 4.78 is 55.2. The van der Waals surface area contributed by atoms with Gasteiger partial charge in [0.25, 0.3) is 0 Å². The number of benzene rings is 2. The summed E-state index contributed by atoms with van der Waals surface area (Å²) in [5, 5.41) is 16.1. The topological polar surface area (TPSA) is 100.0 Å². The summed E-state index contributed by atoms with van der Waals surface area (Å²) >= 11 is 5.97. The quantitative estimate of drug-likeness (QED) is 0.516. The second-order valence-corrected chi connectivity index (χ2v) is 8.02. The molecule has 2 heterocycles. The molecule has 0 saturated carbocycles. The minimum atomic E-state index is -4.74. The van der Waals surface area contributed by atoms with Gasteiger partial charge >= 0.3 is 12.2 Å². The van der Waals surface area contributed by atoms with Crippen LogP contribution in [0.1, 0.15) is 22.4 Å². The van der Waals surface area contributed by atoms with E-state index in [4.69, 9.17) is 22.6 Å². The molecule has 34 heavy (non-hydrogen) atoms. The zero-order valence-corrected chi connectivity index (χ0v) is 18.2. The van der Waals surface area contributed by atoms with Gasteiger partial charge in [-0.2, -0.15) is 23.5 Å². The molecule has 0 unspecified atom stereocenters. The van der Waals surface area contributed by atoms with Crippen molar-refractivity contribution in [2.45, 2.75) is 25.8 Å². The second kappa shape index (κ2) is 8.96. The molecule has 4 rings (SSSR count). The van der Waals surface area contributed by atoms with E-state index in [-0.39, 0.29) is 30.3 Å². The number of nitrogens with two attached hydrogens (primary N) is 1. The maximum absolute atomic E-state index is 13.9. The molecule has 1 aliphatic heterocycles. The molecule has 176 valence electrons. The molecular formula is C22H17ClF4N6O. The number of halogens is 5. The molecule has 0 radical (unpaired) electrons. The number of nitrogens with zero attached hydrogens (tertiary/aromatic N) is 4. The van der Waals surface area contributed by atoms with Crippen molar-refractivity contribution in [3.05, 3.63) is 69.6 Å². The van der Waals surface area contributed by atoms with E-state index in [9.17, 15) is 22.4 Å². The Bertz CT molecular complexity index is 1290. The van der Waals surface area contributed by atoms with Gasteiger partial charge in [0.15, 0.2) is 0 Å².